The third-order valence-corrected chi connectivity index (χ3v) is 1.56. The summed E-state index contributed by atoms with van der Waals surface area (Å²) in [5.41, 5.74) is 0.842. The third-order valence-electron chi connectivity index (χ3n) is 1.56. The van der Waals surface area contributed by atoms with Crippen LogP contribution in [0, 0.1) is 13.8 Å². The Balaban J connectivity index is 0.00000169. The summed E-state index contributed by atoms with van der Waals surface area (Å²) in [6.07, 6.45) is 0. The molecule has 1 aromatic carbocycles. The number of benzene rings is 1. The summed E-state index contributed by atoms with van der Waals surface area (Å²) in [7, 11) is 0. The van der Waals surface area contributed by atoms with Crippen molar-refractivity contribution in [3.8, 4) is 0 Å². The minimum atomic E-state index is 0. The van der Waals surface area contributed by atoms with Crippen LogP contribution in [0.1, 0.15) is 0 Å². The fourth-order valence-corrected chi connectivity index (χ4v) is 0.811. The first-order chi connectivity index (χ1) is 6.36. The summed E-state index contributed by atoms with van der Waals surface area (Å²) in [5, 5.41) is 9.67. The zero-order valence-corrected chi connectivity index (χ0v) is 11.0. The molecule has 3 nitrogen and oxygen atoms in total. The maximum atomic E-state index is 4.02. The van der Waals surface area contributed by atoms with Crippen LogP contribution < -0.4 is 0 Å². The first-order valence-electron chi connectivity index (χ1n) is 4.17. The molecule has 0 saturated heterocycles. The molecule has 0 unspecified atom stereocenters. The molecule has 0 heterocycles. The van der Waals surface area contributed by atoms with Gasteiger partial charge in [-0.2, -0.15) is 0 Å². The Hall–Kier alpha value is -0.276. The van der Waals surface area contributed by atoms with E-state index < -0.39 is 0 Å². The smallest absolute Gasteiger partial charge is 0.0874 e. The summed E-state index contributed by atoms with van der Waals surface area (Å²) in [6, 6.07) is 9.58. The standard InChI is InChI=1S/C10H13N3.Y/c1-3-13(4-2)12-11-10-8-6-5-7-9-10;/h5-9H,1-4H2;/q-2;. The van der Waals surface area contributed by atoms with Crippen molar-refractivity contribution in [2.75, 3.05) is 13.1 Å². The fraction of sp³-hybridized carbons (Fsp3) is 0.200. The molecule has 1 aromatic rings. The van der Waals surface area contributed by atoms with Crippen molar-refractivity contribution in [3.63, 3.8) is 0 Å². The molecule has 0 bridgehead atoms. The van der Waals surface area contributed by atoms with Crippen molar-refractivity contribution in [3.05, 3.63) is 44.2 Å². The molecule has 0 spiro atoms. The Morgan fingerprint density at radius 1 is 1.07 bits per heavy atom. The third kappa shape index (κ3) is 4.82. The second kappa shape index (κ2) is 8.07. The van der Waals surface area contributed by atoms with Gasteiger partial charge in [-0.05, 0) is 12.1 Å². The zero-order valence-electron chi connectivity index (χ0n) is 8.13. The minimum absolute atomic E-state index is 0. The van der Waals surface area contributed by atoms with E-state index in [2.05, 4.69) is 24.2 Å². The largest absolute Gasteiger partial charge is 0.338 e. The van der Waals surface area contributed by atoms with E-state index >= 15 is 0 Å². The Morgan fingerprint density at radius 2 is 1.64 bits per heavy atom. The van der Waals surface area contributed by atoms with Crippen LogP contribution in [0.15, 0.2) is 40.7 Å². The predicted octanol–water partition coefficient (Wildman–Crippen LogP) is 2.65. The van der Waals surface area contributed by atoms with Crippen molar-refractivity contribution in [2.45, 2.75) is 0 Å². The number of nitrogens with zero attached hydrogens (tertiary/aromatic N) is 3. The summed E-state index contributed by atoms with van der Waals surface area (Å²) >= 11 is 0. The van der Waals surface area contributed by atoms with E-state index in [1.807, 2.05) is 30.3 Å². The van der Waals surface area contributed by atoms with Gasteiger partial charge in [0.2, 0.25) is 0 Å². The van der Waals surface area contributed by atoms with E-state index in [0.29, 0.717) is 13.1 Å². The first-order valence-corrected chi connectivity index (χ1v) is 4.17. The molecule has 0 aliphatic heterocycles. The molecule has 1 radical (unpaired) electrons. The van der Waals surface area contributed by atoms with E-state index in [0.717, 1.165) is 5.69 Å². The first kappa shape index (κ1) is 13.7. The van der Waals surface area contributed by atoms with E-state index in [9.17, 15) is 0 Å². The van der Waals surface area contributed by atoms with E-state index in [1.54, 1.807) is 5.01 Å². The van der Waals surface area contributed by atoms with Crippen molar-refractivity contribution in [1.29, 1.82) is 0 Å². The van der Waals surface area contributed by atoms with Crippen molar-refractivity contribution in [2.24, 2.45) is 10.3 Å². The fourth-order valence-electron chi connectivity index (χ4n) is 0.811. The Kier molecular flexibility index (Phi) is 7.91. The van der Waals surface area contributed by atoms with Gasteiger partial charge in [0.15, 0.2) is 0 Å². The molecule has 0 fully saturated rings. The van der Waals surface area contributed by atoms with Crippen LogP contribution in [0.25, 0.3) is 0 Å². The number of hydrogen-bond acceptors (Lipinski definition) is 2. The second-order valence-electron chi connectivity index (χ2n) is 2.48. The molecule has 0 N–H and O–H groups in total. The molecule has 14 heavy (non-hydrogen) atoms. The van der Waals surface area contributed by atoms with Crippen LogP contribution in [0.5, 0.6) is 0 Å². The van der Waals surface area contributed by atoms with Crippen LogP contribution in [-0.4, -0.2) is 18.1 Å². The van der Waals surface area contributed by atoms with Crippen LogP contribution in [0.2, 0.25) is 0 Å². The van der Waals surface area contributed by atoms with Crippen molar-refractivity contribution in [1.82, 2.24) is 5.01 Å². The van der Waals surface area contributed by atoms with Crippen LogP contribution in [0.4, 0.5) is 5.69 Å². The summed E-state index contributed by atoms with van der Waals surface area (Å²) in [6.45, 7) is 8.57. The molecule has 4 heteroatoms. The average molecular weight is 264 g/mol. The minimum Gasteiger partial charge on any atom is -0.338 e. The van der Waals surface area contributed by atoms with Gasteiger partial charge in [0.05, 0.1) is 5.69 Å². The number of rotatable bonds is 4. The maximum absolute atomic E-state index is 4.02. The molecule has 0 amide bonds. The predicted molar refractivity (Wildman–Crippen MR) is 53.2 cm³/mol. The summed E-state index contributed by atoms with van der Waals surface area (Å²) in [5.74, 6) is 0. The van der Waals surface area contributed by atoms with Gasteiger partial charge in [0.1, 0.15) is 0 Å². The van der Waals surface area contributed by atoms with Crippen LogP contribution >= 0.6 is 0 Å². The topological polar surface area (TPSA) is 28.0 Å². The molecular weight excluding hydrogens is 251 g/mol. The van der Waals surface area contributed by atoms with E-state index in [4.69, 9.17) is 0 Å². The molecule has 0 saturated carbocycles. The van der Waals surface area contributed by atoms with E-state index in [1.165, 1.54) is 0 Å². The Bertz CT molecular complexity index is 257. The molecule has 0 aromatic heterocycles. The molecule has 0 atom stereocenters. The van der Waals surface area contributed by atoms with Gasteiger partial charge in [-0.1, -0.05) is 36.5 Å². The molecule has 1 rings (SSSR count). The van der Waals surface area contributed by atoms with Crippen LogP contribution in [0.3, 0.4) is 0 Å². The zero-order chi connectivity index (χ0) is 9.52. The molecule has 73 valence electrons. The van der Waals surface area contributed by atoms with Gasteiger partial charge in [-0.15, -0.1) is 5.11 Å². The number of hydrogen-bond donors (Lipinski definition) is 0. The Morgan fingerprint density at radius 3 is 2.14 bits per heavy atom. The van der Waals surface area contributed by atoms with Gasteiger partial charge in [-0.3, -0.25) is 0 Å². The molecular formula is C10H13N3Y-2. The summed E-state index contributed by atoms with van der Waals surface area (Å²) < 4.78 is 0. The normalized spacial score (nSPS) is 9.86. The Labute approximate surface area is 110 Å². The van der Waals surface area contributed by atoms with Crippen molar-refractivity contribution < 1.29 is 32.7 Å². The quantitative estimate of drug-likeness (QED) is 0.466. The molecule has 0 aliphatic rings. The van der Waals surface area contributed by atoms with Gasteiger partial charge >= 0.3 is 0 Å². The second-order valence-corrected chi connectivity index (χ2v) is 2.48. The van der Waals surface area contributed by atoms with Gasteiger partial charge in [0.25, 0.3) is 0 Å². The summed E-state index contributed by atoms with van der Waals surface area (Å²) in [4.78, 5) is 0. The average Bonchev–Trinajstić information content (AvgIpc) is 2.21. The van der Waals surface area contributed by atoms with Crippen LogP contribution in [-0.2, 0) is 32.7 Å². The molecule has 0 aliphatic carbocycles. The van der Waals surface area contributed by atoms with E-state index in [-0.39, 0.29) is 32.7 Å². The van der Waals surface area contributed by atoms with Gasteiger partial charge in [-0.25, -0.2) is 0 Å². The monoisotopic (exact) mass is 264 g/mol. The maximum Gasteiger partial charge on any atom is 0.0874 e. The van der Waals surface area contributed by atoms with Gasteiger partial charge in [0, 0.05) is 32.7 Å². The van der Waals surface area contributed by atoms with Crippen molar-refractivity contribution >= 4 is 5.69 Å². The SMILES string of the molecule is [CH2-]CN(C[CH2-])N=Nc1ccccc1.[Y]. The van der Waals surface area contributed by atoms with Gasteiger partial charge < -0.3 is 18.9 Å².